The first-order valence-electron chi connectivity index (χ1n) is 8.99. The topological polar surface area (TPSA) is 32.3 Å². The molecule has 2 aliphatic heterocycles. The highest BCUT2D eigenvalue weighted by Crippen LogP contribution is 2.44. The number of likely N-dealkylation sites (tertiary alicyclic amines) is 1. The van der Waals surface area contributed by atoms with Crippen molar-refractivity contribution in [2.45, 2.75) is 38.0 Å². The van der Waals surface area contributed by atoms with Crippen molar-refractivity contribution < 1.29 is 6.22 Å². The summed E-state index contributed by atoms with van der Waals surface area (Å²) < 4.78 is 0. The third-order valence-corrected chi connectivity index (χ3v) is 6.16. The normalized spacial score (nSPS) is 27.2. The predicted octanol–water partition coefficient (Wildman–Crippen LogP) is 3.82. The van der Waals surface area contributed by atoms with Crippen LogP contribution in [0.1, 0.15) is 39.6 Å². The number of carbonyl (C=O) groups is 1. The van der Waals surface area contributed by atoms with Crippen LogP contribution in [0.15, 0.2) is 36.4 Å². The number of anilines is 1. The van der Waals surface area contributed by atoms with Crippen molar-refractivity contribution in [2.75, 3.05) is 25.0 Å². The molecule has 2 atom stereocenters. The minimum absolute atomic E-state index is 0. The molecule has 1 fully saturated rings. The van der Waals surface area contributed by atoms with E-state index in [-0.39, 0.29) is 12.7 Å². The van der Waals surface area contributed by atoms with E-state index in [9.17, 15) is 4.79 Å². The Kier molecular flexibility index (Phi) is 3.76. The Balaban J connectivity index is 0.00000169. The van der Waals surface area contributed by atoms with Crippen LogP contribution < -0.4 is 5.32 Å². The molecule has 1 spiro atoms. The van der Waals surface area contributed by atoms with Gasteiger partial charge in [0.25, 0.3) is 0 Å². The van der Waals surface area contributed by atoms with Crippen LogP contribution >= 0.6 is 0 Å². The molecular weight excluding hydrogens is 284 g/mol. The molecule has 23 heavy (non-hydrogen) atoms. The lowest BCUT2D eigenvalue weighted by Gasteiger charge is -2.39. The number of nitrogens with one attached hydrogen (secondary N) is 1. The largest absolute Gasteiger partial charge is 0.325 e. The fourth-order valence-corrected chi connectivity index (χ4v) is 4.66. The molecule has 124 valence electrons. The minimum atomic E-state index is -0.274. The van der Waals surface area contributed by atoms with Gasteiger partial charge in [0.15, 0.2) is 0 Å². The van der Waals surface area contributed by atoms with E-state index in [0.717, 1.165) is 44.1 Å². The van der Waals surface area contributed by atoms with Gasteiger partial charge in [0, 0.05) is 13.7 Å². The number of piperidine rings is 1. The summed E-state index contributed by atoms with van der Waals surface area (Å²) >= 11 is 0. The SMILES string of the molecule is CC(CN1CCC2(CC1)C(=O)Nc1ccccc12)C1C=CCC1.[HH]. The quantitative estimate of drug-likeness (QED) is 0.861. The summed E-state index contributed by atoms with van der Waals surface area (Å²) in [5.41, 5.74) is 1.97. The highest BCUT2D eigenvalue weighted by atomic mass is 16.2. The molecule has 1 saturated heterocycles. The molecule has 1 aliphatic carbocycles. The van der Waals surface area contributed by atoms with Gasteiger partial charge in [-0.3, -0.25) is 4.79 Å². The van der Waals surface area contributed by atoms with Gasteiger partial charge >= 0.3 is 0 Å². The number of allylic oxidation sites excluding steroid dienone is 2. The van der Waals surface area contributed by atoms with Crippen LogP contribution in [-0.4, -0.2) is 30.4 Å². The zero-order valence-corrected chi connectivity index (χ0v) is 13.9. The second-order valence-corrected chi connectivity index (χ2v) is 7.53. The number of nitrogens with zero attached hydrogens (tertiary/aromatic N) is 1. The fourth-order valence-electron chi connectivity index (χ4n) is 4.66. The average Bonchev–Trinajstić information content (AvgIpc) is 3.18. The second-order valence-electron chi connectivity index (χ2n) is 7.53. The monoisotopic (exact) mass is 312 g/mol. The van der Waals surface area contributed by atoms with Gasteiger partial charge in [-0.25, -0.2) is 0 Å². The molecule has 1 amide bonds. The number of benzene rings is 1. The van der Waals surface area contributed by atoms with Crippen LogP contribution in [0.4, 0.5) is 5.69 Å². The van der Waals surface area contributed by atoms with Gasteiger partial charge in [-0.15, -0.1) is 0 Å². The molecule has 0 radical (unpaired) electrons. The molecule has 3 aliphatic rings. The Bertz CT molecular complexity index is 634. The van der Waals surface area contributed by atoms with E-state index in [0.29, 0.717) is 5.92 Å². The van der Waals surface area contributed by atoms with Crippen molar-refractivity contribution in [1.29, 1.82) is 0 Å². The fraction of sp³-hybridized carbons (Fsp3) is 0.550. The van der Waals surface area contributed by atoms with Gasteiger partial charge < -0.3 is 10.2 Å². The second kappa shape index (κ2) is 5.79. The summed E-state index contributed by atoms with van der Waals surface area (Å²) in [4.78, 5) is 15.2. The predicted molar refractivity (Wildman–Crippen MR) is 95.6 cm³/mol. The van der Waals surface area contributed by atoms with Crippen LogP contribution in [-0.2, 0) is 10.2 Å². The van der Waals surface area contributed by atoms with Crippen LogP contribution in [0.2, 0.25) is 0 Å². The molecule has 1 aromatic rings. The molecule has 0 bridgehead atoms. The lowest BCUT2D eigenvalue weighted by Crippen LogP contribution is -2.47. The van der Waals surface area contributed by atoms with E-state index in [1.54, 1.807) is 0 Å². The molecule has 0 saturated carbocycles. The molecular formula is C20H28N2O. The smallest absolute Gasteiger partial charge is 0.235 e. The van der Waals surface area contributed by atoms with E-state index >= 15 is 0 Å². The number of para-hydroxylation sites is 1. The Labute approximate surface area is 140 Å². The number of fused-ring (bicyclic) bond motifs is 2. The van der Waals surface area contributed by atoms with E-state index in [4.69, 9.17) is 0 Å². The summed E-state index contributed by atoms with van der Waals surface area (Å²) in [5.74, 6) is 1.68. The summed E-state index contributed by atoms with van der Waals surface area (Å²) in [5, 5.41) is 3.09. The van der Waals surface area contributed by atoms with E-state index in [2.05, 4.69) is 41.4 Å². The van der Waals surface area contributed by atoms with Gasteiger partial charge in [0.1, 0.15) is 0 Å². The minimum Gasteiger partial charge on any atom is -0.325 e. The van der Waals surface area contributed by atoms with E-state index in [1.807, 2.05) is 12.1 Å². The Morgan fingerprint density at radius 3 is 2.87 bits per heavy atom. The Hall–Kier alpha value is -1.61. The number of hydrogen-bond donors (Lipinski definition) is 1. The number of amides is 1. The first-order chi connectivity index (χ1) is 11.2. The van der Waals surface area contributed by atoms with Gasteiger partial charge in [0.2, 0.25) is 5.91 Å². The van der Waals surface area contributed by atoms with Crippen molar-refractivity contribution in [3.05, 3.63) is 42.0 Å². The zero-order valence-electron chi connectivity index (χ0n) is 13.9. The van der Waals surface area contributed by atoms with Gasteiger partial charge in [-0.05, 0) is 62.2 Å². The Morgan fingerprint density at radius 1 is 1.35 bits per heavy atom. The van der Waals surface area contributed by atoms with Gasteiger partial charge in [-0.2, -0.15) is 0 Å². The lowest BCUT2D eigenvalue weighted by atomic mass is 9.73. The van der Waals surface area contributed by atoms with E-state index < -0.39 is 0 Å². The highest BCUT2D eigenvalue weighted by Gasteiger charge is 2.48. The standard InChI is InChI=1S/C20H26N2O.H2/c1-15(16-6-2-3-7-16)14-22-12-10-20(11-13-22)17-8-4-5-9-18(17)21-19(20)23;/h2,4-6,8-9,15-16H,3,7,10-14H2,1H3,(H,21,23);1H. The van der Waals surface area contributed by atoms with Crippen molar-refractivity contribution >= 4 is 11.6 Å². The third-order valence-electron chi connectivity index (χ3n) is 6.16. The van der Waals surface area contributed by atoms with Gasteiger partial charge in [-0.1, -0.05) is 37.3 Å². The van der Waals surface area contributed by atoms with Crippen molar-refractivity contribution in [1.82, 2.24) is 4.90 Å². The first kappa shape index (κ1) is 14.9. The van der Waals surface area contributed by atoms with Crippen LogP contribution in [0.3, 0.4) is 0 Å². The summed E-state index contributed by atoms with van der Waals surface area (Å²) in [6, 6.07) is 8.23. The molecule has 0 aromatic heterocycles. The van der Waals surface area contributed by atoms with Gasteiger partial charge in [0.05, 0.1) is 5.41 Å². The summed E-state index contributed by atoms with van der Waals surface area (Å²) in [6.45, 7) is 5.60. The molecule has 3 heteroatoms. The molecule has 1 aromatic carbocycles. The maximum atomic E-state index is 12.6. The lowest BCUT2D eigenvalue weighted by molar-refractivity contribution is -0.122. The Morgan fingerprint density at radius 2 is 2.13 bits per heavy atom. The zero-order chi connectivity index (χ0) is 15.9. The molecule has 3 nitrogen and oxygen atoms in total. The molecule has 1 N–H and O–H groups in total. The average molecular weight is 312 g/mol. The van der Waals surface area contributed by atoms with E-state index in [1.165, 1.54) is 18.4 Å². The maximum absolute atomic E-state index is 12.6. The van der Waals surface area contributed by atoms with Crippen LogP contribution in [0.5, 0.6) is 0 Å². The maximum Gasteiger partial charge on any atom is 0.235 e. The molecule has 2 heterocycles. The van der Waals surface area contributed by atoms with Crippen LogP contribution in [0, 0.1) is 11.8 Å². The van der Waals surface area contributed by atoms with Crippen molar-refractivity contribution in [2.24, 2.45) is 11.8 Å². The number of hydrogen-bond acceptors (Lipinski definition) is 2. The molecule has 4 rings (SSSR count). The van der Waals surface area contributed by atoms with Crippen LogP contribution in [0.25, 0.3) is 0 Å². The van der Waals surface area contributed by atoms with Crippen molar-refractivity contribution in [3.63, 3.8) is 0 Å². The number of rotatable bonds is 3. The third kappa shape index (κ3) is 2.51. The highest BCUT2D eigenvalue weighted by molar-refractivity contribution is 6.06. The van der Waals surface area contributed by atoms with Crippen molar-refractivity contribution in [3.8, 4) is 0 Å². The summed E-state index contributed by atoms with van der Waals surface area (Å²) in [7, 11) is 0. The number of carbonyl (C=O) groups excluding carboxylic acids is 1. The molecule has 2 unspecified atom stereocenters. The summed E-state index contributed by atoms with van der Waals surface area (Å²) in [6.07, 6.45) is 9.18. The first-order valence-corrected chi connectivity index (χ1v) is 8.99.